The lowest BCUT2D eigenvalue weighted by atomic mass is 10.2. The number of para-hydroxylation sites is 1. The maximum absolute atomic E-state index is 3.52. The minimum absolute atomic E-state index is 0.662. The molecule has 1 aromatic carbocycles. The van der Waals surface area contributed by atoms with E-state index in [2.05, 4.69) is 59.0 Å². The van der Waals surface area contributed by atoms with E-state index in [0.29, 0.717) is 6.04 Å². The smallest absolute Gasteiger partial charge is 0.106 e. The highest BCUT2D eigenvalue weighted by Gasteiger charge is 2.19. The van der Waals surface area contributed by atoms with E-state index in [1.165, 1.54) is 16.7 Å². The first-order chi connectivity index (χ1) is 8.74. The topological polar surface area (TPSA) is 22.3 Å². The Balaban J connectivity index is 1.76. The molecule has 1 fully saturated rings. The molecule has 0 atom stereocenters. The lowest BCUT2D eigenvalue weighted by molar-refractivity contribution is 0.209. The molecule has 0 radical (unpaired) electrons. The van der Waals surface area contributed by atoms with Crippen molar-refractivity contribution < 1.29 is 0 Å². The van der Waals surface area contributed by atoms with Crippen LogP contribution in [0.3, 0.4) is 0 Å². The summed E-state index contributed by atoms with van der Waals surface area (Å²) in [6.07, 6.45) is 0. The van der Waals surface area contributed by atoms with Crippen molar-refractivity contribution in [1.29, 1.82) is 0 Å². The van der Waals surface area contributed by atoms with Crippen LogP contribution in [0.5, 0.6) is 0 Å². The number of hydrogen-bond acceptors (Lipinski definition) is 2. The number of nitrogens with zero attached hydrogens (tertiary/aromatic N) is 2. The predicted octanol–water partition coefficient (Wildman–Crippen LogP) is 2.70. The quantitative estimate of drug-likeness (QED) is 0.876. The zero-order chi connectivity index (χ0) is 12.5. The summed E-state index contributed by atoms with van der Waals surface area (Å²) in [7, 11) is 0. The van der Waals surface area contributed by atoms with Gasteiger partial charge in [-0.05, 0) is 26.0 Å². The Labute approximate surface area is 108 Å². The third-order valence-electron chi connectivity index (χ3n) is 3.90. The highest BCUT2D eigenvalue weighted by atomic mass is 15.3. The van der Waals surface area contributed by atoms with Crippen LogP contribution >= 0.6 is 0 Å². The van der Waals surface area contributed by atoms with Gasteiger partial charge in [-0.15, -0.1) is 0 Å². The molecule has 3 nitrogen and oxygen atoms in total. The molecule has 3 heteroatoms. The summed E-state index contributed by atoms with van der Waals surface area (Å²) in [6, 6.07) is 11.4. The fourth-order valence-corrected chi connectivity index (χ4v) is 2.71. The number of aromatic nitrogens is 1. The third-order valence-corrected chi connectivity index (χ3v) is 3.90. The number of rotatable bonds is 2. The van der Waals surface area contributed by atoms with Crippen molar-refractivity contribution in [3.63, 3.8) is 0 Å². The number of aromatic amines is 1. The Bertz CT molecular complexity index is 488. The molecule has 2 heterocycles. The van der Waals surface area contributed by atoms with Gasteiger partial charge in [0, 0.05) is 43.1 Å². The molecule has 0 aliphatic carbocycles. The molecule has 0 saturated carbocycles. The summed E-state index contributed by atoms with van der Waals surface area (Å²) in [5.41, 5.74) is 1.23. The standard InChI is InChI=1S/C15H21N3/c1-12(2)17-7-9-18(10-8-17)15-11-13-5-3-4-6-14(13)16-15/h3-6,11-12,16H,7-10H2,1-2H3. The first kappa shape index (κ1) is 11.6. The largest absolute Gasteiger partial charge is 0.356 e. The van der Waals surface area contributed by atoms with Crippen LogP contribution in [0.15, 0.2) is 30.3 Å². The molecule has 0 unspecified atom stereocenters. The number of hydrogen-bond donors (Lipinski definition) is 1. The van der Waals surface area contributed by atoms with Crippen molar-refractivity contribution in [3.8, 4) is 0 Å². The predicted molar refractivity (Wildman–Crippen MR) is 77.2 cm³/mol. The Morgan fingerprint density at radius 2 is 1.78 bits per heavy atom. The van der Waals surface area contributed by atoms with Crippen LogP contribution < -0.4 is 4.90 Å². The maximum Gasteiger partial charge on any atom is 0.106 e. The maximum atomic E-state index is 3.52. The molecule has 0 amide bonds. The lowest BCUT2D eigenvalue weighted by Gasteiger charge is -2.37. The van der Waals surface area contributed by atoms with Gasteiger partial charge in [0.25, 0.3) is 0 Å². The van der Waals surface area contributed by atoms with E-state index in [4.69, 9.17) is 0 Å². The number of piperazine rings is 1. The van der Waals surface area contributed by atoms with Crippen molar-refractivity contribution in [1.82, 2.24) is 9.88 Å². The molecule has 1 N–H and O–H groups in total. The monoisotopic (exact) mass is 243 g/mol. The van der Waals surface area contributed by atoms with Crippen LogP contribution in [0.2, 0.25) is 0 Å². The lowest BCUT2D eigenvalue weighted by Crippen LogP contribution is -2.49. The first-order valence-corrected chi connectivity index (χ1v) is 6.81. The van der Waals surface area contributed by atoms with E-state index in [1.807, 2.05) is 0 Å². The minimum atomic E-state index is 0.662. The molecule has 2 aromatic rings. The van der Waals surface area contributed by atoms with Crippen molar-refractivity contribution >= 4 is 16.7 Å². The summed E-state index contributed by atoms with van der Waals surface area (Å²) >= 11 is 0. The molecule has 0 bridgehead atoms. The minimum Gasteiger partial charge on any atom is -0.356 e. The average Bonchev–Trinajstić information content (AvgIpc) is 2.82. The second-order valence-electron chi connectivity index (χ2n) is 5.36. The molecular formula is C15H21N3. The van der Waals surface area contributed by atoms with Crippen molar-refractivity contribution in [2.75, 3.05) is 31.1 Å². The van der Waals surface area contributed by atoms with E-state index in [-0.39, 0.29) is 0 Å². The molecule has 1 aromatic heterocycles. The van der Waals surface area contributed by atoms with Crippen LogP contribution in [-0.2, 0) is 0 Å². The Morgan fingerprint density at radius 1 is 1.06 bits per heavy atom. The Kier molecular flexibility index (Phi) is 3.00. The van der Waals surface area contributed by atoms with Crippen LogP contribution in [0.25, 0.3) is 10.9 Å². The second-order valence-corrected chi connectivity index (χ2v) is 5.36. The van der Waals surface area contributed by atoms with Gasteiger partial charge < -0.3 is 9.88 Å². The van der Waals surface area contributed by atoms with Gasteiger partial charge in [-0.2, -0.15) is 0 Å². The Hall–Kier alpha value is -1.48. The van der Waals surface area contributed by atoms with Gasteiger partial charge in [-0.3, -0.25) is 4.90 Å². The van der Waals surface area contributed by atoms with Gasteiger partial charge in [0.2, 0.25) is 0 Å². The summed E-state index contributed by atoms with van der Waals surface area (Å²) in [6.45, 7) is 9.10. The number of H-pyrrole nitrogens is 1. The normalized spacial score (nSPS) is 17.8. The van der Waals surface area contributed by atoms with Crippen molar-refractivity contribution in [2.45, 2.75) is 19.9 Å². The second kappa shape index (κ2) is 4.65. The van der Waals surface area contributed by atoms with Gasteiger partial charge in [0.1, 0.15) is 5.82 Å². The molecule has 18 heavy (non-hydrogen) atoms. The van der Waals surface area contributed by atoms with Crippen LogP contribution in [0.4, 0.5) is 5.82 Å². The number of anilines is 1. The first-order valence-electron chi connectivity index (χ1n) is 6.81. The molecule has 3 rings (SSSR count). The van der Waals surface area contributed by atoms with Gasteiger partial charge in [0.15, 0.2) is 0 Å². The zero-order valence-corrected chi connectivity index (χ0v) is 11.2. The molecule has 1 saturated heterocycles. The fraction of sp³-hybridized carbons (Fsp3) is 0.467. The molecule has 1 aliphatic heterocycles. The summed E-state index contributed by atoms with van der Waals surface area (Å²) in [5, 5.41) is 1.30. The van der Waals surface area contributed by atoms with Crippen LogP contribution in [-0.4, -0.2) is 42.1 Å². The SMILES string of the molecule is CC(C)N1CCN(c2cc3ccccc3[nH]2)CC1. The number of benzene rings is 1. The van der Waals surface area contributed by atoms with Gasteiger partial charge in [-0.25, -0.2) is 0 Å². The molecule has 1 aliphatic rings. The summed E-state index contributed by atoms with van der Waals surface area (Å²) in [5.74, 6) is 1.26. The third kappa shape index (κ3) is 2.10. The van der Waals surface area contributed by atoms with E-state index < -0.39 is 0 Å². The van der Waals surface area contributed by atoms with E-state index >= 15 is 0 Å². The number of fused-ring (bicyclic) bond motifs is 1. The molecule has 96 valence electrons. The molecular weight excluding hydrogens is 222 g/mol. The van der Waals surface area contributed by atoms with Gasteiger partial charge in [0.05, 0.1) is 0 Å². The van der Waals surface area contributed by atoms with E-state index in [0.717, 1.165) is 26.2 Å². The average molecular weight is 243 g/mol. The van der Waals surface area contributed by atoms with E-state index in [9.17, 15) is 0 Å². The zero-order valence-electron chi connectivity index (χ0n) is 11.2. The van der Waals surface area contributed by atoms with Crippen molar-refractivity contribution in [2.24, 2.45) is 0 Å². The Morgan fingerprint density at radius 3 is 2.44 bits per heavy atom. The van der Waals surface area contributed by atoms with E-state index in [1.54, 1.807) is 0 Å². The fourth-order valence-electron chi connectivity index (χ4n) is 2.71. The summed E-state index contributed by atoms with van der Waals surface area (Å²) in [4.78, 5) is 8.51. The van der Waals surface area contributed by atoms with Crippen LogP contribution in [0, 0.1) is 0 Å². The molecule has 0 spiro atoms. The van der Waals surface area contributed by atoms with Crippen molar-refractivity contribution in [3.05, 3.63) is 30.3 Å². The highest BCUT2D eigenvalue weighted by molar-refractivity contribution is 5.83. The van der Waals surface area contributed by atoms with Gasteiger partial charge in [-0.1, -0.05) is 18.2 Å². The number of nitrogens with one attached hydrogen (secondary N) is 1. The van der Waals surface area contributed by atoms with Gasteiger partial charge >= 0.3 is 0 Å². The summed E-state index contributed by atoms with van der Waals surface area (Å²) < 4.78 is 0. The van der Waals surface area contributed by atoms with Crippen LogP contribution in [0.1, 0.15) is 13.8 Å². The highest BCUT2D eigenvalue weighted by Crippen LogP contribution is 2.22.